The minimum atomic E-state index is -4.15. The van der Waals surface area contributed by atoms with E-state index in [4.69, 9.17) is 10.2 Å². The molecule has 0 unspecified atom stereocenters. The van der Waals surface area contributed by atoms with Gasteiger partial charge in [-0.05, 0) is 0 Å². The van der Waals surface area contributed by atoms with Crippen LogP contribution >= 0.6 is 0 Å². The molecule has 0 heterocycles. The first-order chi connectivity index (χ1) is 6.33. The fourth-order valence-corrected chi connectivity index (χ4v) is 0.303. The minimum absolute atomic E-state index is 1.66. The van der Waals surface area contributed by atoms with E-state index in [1.807, 2.05) is 0 Å². The second kappa shape index (κ2) is 6.63. The van der Waals surface area contributed by atoms with Crippen LogP contribution in [-0.4, -0.2) is 35.2 Å². The number of carbonyl (C=O) groups is 2. The van der Waals surface area contributed by atoms with Crippen molar-refractivity contribution in [2.24, 2.45) is 0 Å². The van der Waals surface area contributed by atoms with Gasteiger partial charge >= 0.3 is 18.4 Å². The Bertz CT molecular complexity index is 204. The van der Waals surface area contributed by atoms with Crippen molar-refractivity contribution < 1.29 is 38.1 Å². The molecule has 2 N–H and O–H groups in total. The fourth-order valence-electron chi connectivity index (χ4n) is 0.303. The number of hydrogen-bond acceptors (Lipinski definition) is 4. The third kappa shape index (κ3) is 10.1. The Morgan fingerprint density at radius 2 is 1.64 bits per heavy atom. The zero-order chi connectivity index (χ0) is 11.8. The van der Waals surface area contributed by atoms with Crippen LogP contribution in [0, 0.1) is 0 Å². The van der Waals surface area contributed by atoms with E-state index >= 15 is 0 Å². The molecule has 0 radical (unpaired) electrons. The maximum Gasteiger partial charge on any atom is 0.510 e. The molecule has 0 bridgehead atoms. The van der Waals surface area contributed by atoms with Crippen LogP contribution in [0.3, 0.4) is 0 Å². The SMILES string of the molecule is C=C.O=C(O)OCC(F)(F)OC(=O)O. The molecule has 0 saturated heterocycles. The van der Waals surface area contributed by atoms with Gasteiger partial charge in [0.25, 0.3) is 0 Å². The van der Waals surface area contributed by atoms with E-state index in [0.29, 0.717) is 0 Å². The summed E-state index contributed by atoms with van der Waals surface area (Å²) in [7, 11) is 0. The zero-order valence-corrected chi connectivity index (χ0v) is 6.90. The number of ether oxygens (including phenoxy) is 2. The van der Waals surface area contributed by atoms with E-state index in [-0.39, 0.29) is 0 Å². The molecule has 0 fully saturated rings. The van der Waals surface area contributed by atoms with Gasteiger partial charge in [0, 0.05) is 0 Å². The van der Waals surface area contributed by atoms with Crippen LogP contribution < -0.4 is 0 Å². The third-order valence-electron chi connectivity index (χ3n) is 0.600. The van der Waals surface area contributed by atoms with E-state index in [1.54, 1.807) is 0 Å². The lowest BCUT2D eigenvalue weighted by molar-refractivity contribution is -0.230. The molecule has 0 spiro atoms. The highest BCUT2D eigenvalue weighted by molar-refractivity contribution is 5.58. The van der Waals surface area contributed by atoms with Gasteiger partial charge in [-0.3, -0.25) is 0 Å². The van der Waals surface area contributed by atoms with Gasteiger partial charge in [0.1, 0.15) is 0 Å². The normalized spacial score (nSPS) is 9.29. The Balaban J connectivity index is 0. The number of halogens is 2. The first-order valence-electron chi connectivity index (χ1n) is 2.99. The molecule has 8 heteroatoms. The van der Waals surface area contributed by atoms with E-state index < -0.39 is 25.0 Å². The van der Waals surface area contributed by atoms with E-state index in [1.165, 1.54) is 0 Å². The monoisotopic (exact) mass is 214 g/mol. The second-order valence-corrected chi connectivity index (χ2v) is 1.56. The van der Waals surface area contributed by atoms with Crippen LogP contribution in [0.4, 0.5) is 18.4 Å². The standard InChI is InChI=1S/C4H4F2O6.C2H4/c5-4(6,12-3(9)10)1-11-2(7)8;1-2/h1H2,(H,7,8)(H,9,10);1-2H2. The van der Waals surface area contributed by atoms with Gasteiger partial charge < -0.3 is 19.7 Å². The first kappa shape index (κ1) is 14.7. The van der Waals surface area contributed by atoms with Crippen molar-refractivity contribution in [1.82, 2.24) is 0 Å². The molecule has 14 heavy (non-hydrogen) atoms. The summed E-state index contributed by atoms with van der Waals surface area (Å²) >= 11 is 0. The Morgan fingerprint density at radius 3 is 1.93 bits per heavy atom. The smallest absolute Gasteiger partial charge is 0.450 e. The quantitative estimate of drug-likeness (QED) is 0.549. The summed E-state index contributed by atoms with van der Waals surface area (Å²) in [6.45, 7) is 4.34. The average molecular weight is 214 g/mol. The zero-order valence-electron chi connectivity index (χ0n) is 6.90. The lowest BCUT2D eigenvalue weighted by Crippen LogP contribution is -2.30. The molecular formula is C6H8F2O6. The minimum Gasteiger partial charge on any atom is -0.450 e. The van der Waals surface area contributed by atoms with Gasteiger partial charge in [0.2, 0.25) is 0 Å². The van der Waals surface area contributed by atoms with Crippen molar-refractivity contribution in [1.29, 1.82) is 0 Å². The van der Waals surface area contributed by atoms with Crippen LogP contribution in [0.15, 0.2) is 13.2 Å². The van der Waals surface area contributed by atoms with Crippen molar-refractivity contribution in [2.75, 3.05) is 6.61 Å². The van der Waals surface area contributed by atoms with E-state index in [0.717, 1.165) is 0 Å². The van der Waals surface area contributed by atoms with Crippen LogP contribution in [0.25, 0.3) is 0 Å². The molecule has 0 rings (SSSR count). The average Bonchev–Trinajstić information content (AvgIpc) is 2.03. The molecule has 0 aromatic carbocycles. The molecule has 0 aliphatic rings. The maximum atomic E-state index is 12.0. The summed E-state index contributed by atoms with van der Waals surface area (Å²) < 4.78 is 30.5. The molecule has 0 amide bonds. The van der Waals surface area contributed by atoms with Gasteiger partial charge in [0.05, 0.1) is 0 Å². The van der Waals surface area contributed by atoms with Gasteiger partial charge in [-0.15, -0.1) is 13.2 Å². The van der Waals surface area contributed by atoms with Gasteiger partial charge in [-0.25, -0.2) is 9.59 Å². The van der Waals surface area contributed by atoms with Crippen LogP contribution in [0.1, 0.15) is 0 Å². The molecule has 6 nitrogen and oxygen atoms in total. The van der Waals surface area contributed by atoms with Crippen molar-refractivity contribution in [2.45, 2.75) is 6.11 Å². The summed E-state index contributed by atoms with van der Waals surface area (Å²) in [4.78, 5) is 19.1. The fraction of sp³-hybridized carbons (Fsp3) is 0.333. The van der Waals surface area contributed by atoms with E-state index in [2.05, 4.69) is 22.6 Å². The molecule has 82 valence electrons. The number of alkyl halides is 2. The van der Waals surface area contributed by atoms with Gasteiger partial charge in [-0.2, -0.15) is 8.78 Å². The predicted octanol–water partition coefficient (Wildman–Crippen LogP) is 1.77. The lowest BCUT2D eigenvalue weighted by atomic mass is 10.7. The van der Waals surface area contributed by atoms with Crippen LogP contribution in [0.2, 0.25) is 0 Å². The van der Waals surface area contributed by atoms with Crippen molar-refractivity contribution in [3.63, 3.8) is 0 Å². The summed E-state index contributed by atoms with van der Waals surface area (Å²) in [5.41, 5.74) is 0. The first-order valence-corrected chi connectivity index (χ1v) is 2.99. The Hall–Kier alpha value is -1.86. The van der Waals surface area contributed by atoms with Gasteiger partial charge in [-0.1, -0.05) is 0 Å². The maximum absolute atomic E-state index is 12.0. The highest BCUT2D eigenvalue weighted by Gasteiger charge is 2.36. The van der Waals surface area contributed by atoms with Crippen LogP contribution in [0.5, 0.6) is 0 Å². The van der Waals surface area contributed by atoms with E-state index in [9.17, 15) is 18.4 Å². The summed E-state index contributed by atoms with van der Waals surface area (Å²) in [6, 6.07) is 0. The topological polar surface area (TPSA) is 93.1 Å². The summed E-state index contributed by atoms with van der Waals surface area (Å²) in [5, 5.41) is 15.5. The van der Waals surface area contributed by atoms with Gasteiger partial charge in [0.15, 0.2) is 6.61 Å². The molecule has 0 aliphatic carbocycles. The molecule has 0 aromatic heterocycles. The Kier molecular flexibility index (Phi) is 6.94. The highest BCUT2D eigenvalue weighted by atomic mass is 19.3. The number of hydrogen-bond donors (Lipinski definition) is 2. The summed E-state index contributed by atoms with van der Waals surface area (Å²) in [6.07, 6.45) is -8.30. The predicted molar refractivity (Wildman–Crippen MR) is 39.3 cm³/mol. The molecule has 0 aliphatic heterocycles. The molecular weight excluding hydrogens is 206 g/mol. The third-order valence-corrected chi connectivity index (χ3v) is 0.600. The molecule has 0 saturated carbocycles. The summed E-state index contributed by atoms with van der Waals surface area (Å²) in [5.74, 6) is 0. The Morgan fingerprint density at radius 1 is 1.21 bits per heavy atom. The van der Waals surface area contributed by atoms with Crippen molar-refractivity contribution in [3.8, 4) is 0 Å². The largest absolute Gasteiger partial charge is 0.510 e. The highest BCUT2D eigenvalue weighted by Crippen LogP contribution is 2.15. The van der Waals surface area contributed by atoms with Crippen molar-refractivity contribution in [3.05, 3.63) is 13.2 Å². The number of carboxylic acid groups (broad SMARTS) is 2. The second-order valence-electron chi connectivity index (χ2n) is 1.56. The van der Waals surface area contributed by atoms with Crippen molar-refractivity contribution >= 4 is 12.3 Å². The number of rotatable bonds is 3. The molecule has 0 aromatic rings. The Labute approximate surface area is 77.3 Å². The van der Waals surface area contributed by atoms with Crippen LogP contribution in [-0.2, 0) is 9.47 Å². The lowest BCUT2D eigenvalue weighted by Gasteiger charge is -2.12. The molecule has 0 atom stereocenters.